The maximum Gasteiger partial charge on any atom is 0.301 e. The molecule has 1 unspecified atom stereocenters. The highest BCUT2D eigenvalue weighted by atomic mass is 32.1. The average molecular weight is 503 g/mol. The number of hydrogen-bond acceptors (Lipinski definition) is 8. The lowest BCUT2D eigenvalue weighted by molar-refractivity contribution is -0.132. The summed E-state index contributed by atoms with van der Waals surface area (Å²) in [5.41, 5.74) is 1.48. The van der Waals surface area contributed by atoms with Gasteiger partial charge in [0.2, 0.25) is 0 Å². The molecule has 3 aromatic carbocycles. The van der Waals surface area contributed by atoms with Crippen molar-refractivity contribution in [2.24, 2.45) is 0 Å². The minimum absolute atomic E-state index is 0.0606. The molecule has 5 rings (SSSR count). The lowest BCUT2D eigenvalue weighted by Crippen LogP contribution is -2.29. The summed E-state index contributed by atoms with van der Waals surface area (Å²) < 4.78 is 17.1. The predicted molar refractivity (Wildman–Crippen MR) is 137 cm³/mol. The van der Waals surface area contributed by atoms with Gasteiger partial charge in [-0.15, -0.1) is 0 Å². The zero-order chi connectivity index (χ0) is 25.4. The number of benzene rings is 3. The molecule has 0 saturated carbocycles. The van der Waals surface area contributed by atoms with Crippen LogP contribution in [0.4, 0.5) is 5.13 Å². The molecule has 8 nitrogen and oxygen atoms in total. The quantitative estimate of drug-likeness (QED) is 0.226. The minimum Gasteiger partial charge on any atom is -0.507 e. The van der Waals surface area contributed by atoms with Crippen molar-refractivity contribution in [3.8, 4) is 17.2 Å². The molecule has 2 heterocycles. The van der Waals surface area contributed by atoms with E-state index in [4.69, 9.17) is 14.2 Å². The van der Waals surface area contributed by atoms with Crippen LogP contribution in [0.15, 0.2) is 72.3 Å². The summed E-state index contributed by atoms with van der Waals surface area (Å²) in [6, 6.07) is 18.1. The molecule has 36 heavy (non-hydrogen) atoms. The molecular formula is C27H22N2O6S. The van der Waals surface area contributed by atoms with Gasteiger partial charge in [-0.05, 0) is 36.4 Å². The Morgan fingerprint density at radius 1 is 0.917 bits per heavy atom. The van der Waals surface area contributed by atoms with Gasteiger partial charge in [-0.2, -0.15) is 0 Å². The Morgan fingerprint density at radius 2 is 1.61 bits per heavy atom. The number of anilines is 1. The number of aliphatic hydroxyl groups excluding tert-OH is 1. The SMILES string of the molecule is COc1ccc(OC)c(C2/C(=C(\O)c3ccccc3)C(=O)C(=O)N2c2nc3ccc(OC)cc3s2)c1. The highest BCUT2D eigenvalue weighted by molar-refractivity contribution is 7.22. The standard InChI is InChI=1S/C27H22N2O6S/c1-33-16-10-12-20(35-3)18(13-16)23-22(24(30)15-7-5-4-6-8-15)25(31)26(32)29(23)27-28-19-11-9-17(34-2)14-21(19)36-27/h4-14,23,30H,1-3H3/b24-22+. The van der Waals surface area contributed by atoms with Crippen molar-refractivity contribution in [2.45, 2.75) is 6.04 Å². The second-order valence-electron chi connectivity index (χ2n) is 7.97. The lowest BCUT2D eigenvalue weighted by Gasteiger charge is -2.25. The van der Waals surface area contributed by atoms with Gasteiger partial charge < -0.3 is 19.3 Å². The van der Waals surface area contributed by atoms with Crippen LogP contribution < -0.4 is 19.1 Å². The average Bonchev–Trinajstić information content (AvgIpc) is 3.45. The summed E-state index contributed by atoms with van der Waals surface area (Å²) in [5, 5.41) is 11.6. The lowest BCUT2D eigenvalue weighted by atomic mass is 9.94. The summed E-state index contributed by atoms with van der Waals surface area (Å²) in [5.74, 6) is -0.319. The Morgan fingerprint density at radius 3 is 2.31 bits per heavy atom. The highest BCUT2D eigenvalue weighted by Crippen LogP contribution is 2.47. The molecule has 9 heteroatoms. The molecule has 4 aromatic rings. The third-order valence-corrected chi connectivity index (χ3v) is 7.03. The van der Waals surface area contributed by atoms with Crippen LogP contribution in [0.5, 0.6) is 17.2 Å². The summed E-state index contributed by atoms with van der Waals surface area (Å²) in [6.45, 7) is 0. The number of amides is 1. The van der Waals surface area contributed by atoms with Crippen LogP contribution in [0, 0.1) is 0 Å². The van der Waals surface area contributed by atoms with E-state index >= 15 is 0 Å². The summed E-state index contributed by atoms with van der Waals surface area (Å²) in [6.07, 6.45) is 0. The fraction of sp³-hybridized carbons (Fsp3) is 0.148. The Labute approximate surface area is 211 Å². The van der Waals surface area contributed by atoms with Gasteiger partial charge in [0.1, 0.15) is 29.0 Å². The molecule has 0 aliphatic carbocycles. The van der Waals surface area contributed by atoms with E-state index in [1.165, 1.54) is 30.5 Å². The first-order chi connectivity index (χ1) is 17.5. The number of carbonyl (C=O) groups excluding carboxylic acids is 2. The van der Waals surface area contributed by atoms with Crippen LogP contribution in [0.25, 0.3) is 16.0 Å². The maximum absolute atomic E-state index is 13.5. The van der Waals surface area contributed by atoms with Crippen LogP contribution >= 0.6 is 11.3 Å². The first-order valence-corrected chi connectivity index (χ1v) is 11.8. The number of hydrogen-bond donors (Lipinski definition) is 1. The van der Waals surface area contributed by atoms with Crippen molar-refractivity contribution in [3.05, 3.63) is 83.4 Å². The van der Waals surface area contributed by atoms with Crippen molar-refractivity contribution in [2.75, 3.05) is 26.2 Å². The number of Topliss-reactive ketones (excluding diaryl/α,β-unsaturated/α-hetero) is 1. The fourth-order valence-electron chi connectivity index (χ4n) is 4.25. The molecule has 1 aliphatic heterocycles. The van der Waals surface area contributed by atoms with E-state index in [9.17, 15) is 14.7 Å². The molecule has 1 atom stereocenters. The van der Waals surface area contributed by atoms with Crippen molar-refractivity contribution in [1.29, 1.82) is 0 Å². The zero-order valence-corrected chi connectivity index (χ0v) is 20.5. The van der Waals surface area contributed by atoms with Gasteiger partial charge in [0.25, 0.3) is 5.78 Å². The summed E-state index contributed by atoms with van der Waals surface area (Å²) in [7, 11) is 4.59. The molecule has 182 valence electrons. The van der Waals surface area contributed by atoms with Gasteiger partial charge in [-0.1, -0.05) is 41.7 Å². The fourth-order valence-corrected chi connectivity index (χ4v) is 5.27. The third-order valence-electron chi connectivity index (χ3n) is 6.01. The van der Waals surface area contributed by atoms with Gasteiger partial charge in [0, 0.05) is 11.1 Å². The third kappa shape index (κ3) is 3.83. The zero-order valence-electron chi connectivity index (χ0n) is 19.7. The van der Waals surface area contributed by atoms with Crippen LogP contribution in [0.3, 0.4) is 0 Å². The Hall–Kier alpha value is -4.37. The summed E-state index contributed by atoms with van der Waals surface area (Å²) >= 11 is 1.25. The van der Waals surface area contributed by atoms with E-state index in [1.807, 2.05) is 6.07 Å². The number of methoxy groups -OCH3 is 3. The molecule has 1 N–H and O–H groups in total. The van der Waals surface area contributed by atoms with Crippen LogP contribution in [-0.2, 0) is 9.59 Å². The van der Waals surface area contributed by atoms with E-state index in [-0.39, 0.29) is 11.3 Å². The second kappa shape index (κ2) is 9.35. The van der Waals surface area contributed by atoms with Gasteiger partial charge in [-0.3, -0.25) is 14.5 Å². The normalized spacial score (nSPS) is 17.0. The number of fused-ring (bicyclic) bond motifs is 1. The number of nitrogens with zero attached hydrogens (tertiary/aromatic N) is 2. The smallest absolute Gasteiger partial charge is 0.301 e. The highest BCUT2D eigenvalue weighted by Gasteiger charge is 2.49. The first kappa shape index (κ1) is 23.4. The van der Waals surface area contributed by atoms with E-state index in [0.717, 1.165) is 4.70 Å². The number of carbonyl (C=O) groups is 2. The monoisotopic (exact) mass is 502 g/mol. The minimum atomic E-state index is -1.00. The van der Waals surface area contributed by atoms with Crippen LogP contribution in [0.2, 0.25) is 0 Å². The van der Waals surface area contributed by atoms with Gasteiger partial charge >= 0.3 is 5.91 Å². The molecule has 0 spiro atoms. The maximum atomic E-state index is 13.5. The second-order valence-corrected chi connectivity index (χ2v) is 8.98. The molecule has 1 amide bonds. The predicted octanol–water partition coefficient (Wildman–Crippen LogP) is 4.95. The topological polar surface area (TPSA) is 98.2 Å². The number of aliphatic hydroxyl groups is 1. The van der Waals surface area contributed by atoms with Crippen molar-refractivity contribution in [3.63, 3.8) is 0 Å². The Balaban J connectivity index is 1.77. The van der Waals surface area contributed by atoms with E-state index < -0.39 is 17.7 Å². The van der Waals surface area contributed by atoms with Gasteiger partial charge in [0.05, 0.1) is 37.1 Å². The Kier molecular flexibility index (Phi) is 6.07. The van der Waals surface area contributed by atoms with Crippen LogP contribution in [-0.4, -0.2) is 43.1 Å². The molecule has 1 saturated heterocycles. The molecule has 1 aliphatic rings. The largest absolute Gasteiger partial charge is 0.507 e. The molecule has 0 bridgehead atoms. The van der Waals surface area contributed by atoms with E-state index in [0.29, 0.717) is 39.0 Å². The summed E-state index contributed by atoms with van der Waals surface area (Å²) in [4.78, 5) is 32.9. The van der Waals surface area contributed by atoms with E-state index in [1.54, 1.807) is 67.8 Å². The molecular weight excluding hydrogens is 480 g/mol. The Bertz CT molecular complexity index is 1510. The number of rotatable bonds is 6. The van der Waals surface area contributed by atoms with Crippen molar-refractivity contribution >= 4 is 44.1 Å². The molecule has 1 fully saturated rings. The molecule has 0 radical (unpaired) electrons. The van der Waals surface area contributed by atoms with Gasteiger partial charge in [0.15, 0.2) is 5.13 Å². The number of ether oxygens (including phenoxy) is 3. The number of ketones is 1. The van der Waals surface area contributed by atoms with Crippen molar-refractivity contribution < 1.29 is 28.9 Å². The van der Waals surface area contributed by atoms with E-state index in [2.05, 4.69) is 4.98 Å². The molecule has 1 aromatic heterocycles. The number of thiazole rings is 1. The van der Waals surface area contributed by atoms with Crippen LogP contribution in [0.1, 0.15) is 17.2 Å². The van der Waals surface area contributed by atoms with Crippen molar-refractivity contribution in [1.82, 2.24) is 4.98 Å². The first-order valence-electron chi connectivity index (χ1n) is 11.0. The number of aromatic nitrogens is 1. The van der Waals surface area contributed by atoms with Gasteiger partial charge in [-0.25, -0.2) is 4.98 Å².